The number of para-hydroxylation sites is 1. The largest absolute Gasteiger partial charge is 0.368 e. The van der Waals surface area contributed by atoms with Gasteiger partial charge in [0.15, 0.2) is 0 Å². The fraction of sp³-hybridized carbons (Fsp3) is 0.588. The number of nitrogens with zero attached hydrogens (tertiary/aromatic N) is 2. The molecule has 3 rings (SSSR count). The summed E-state index contributed by atoms with van der Waals surface area (Å²) >= 11 is 0. The SMILES string of the molecule is CC1Cc2ccccc2N1CCC(=O)N1CCC(N)CC1. The minimum atomic E-state index is 0.276. The highest BCUT2D eigenvalue weighted by atomic mass is 16.2. The van der Waals surface area contributed by atoms with Crippen LogP contribution in [0.1, 0.15) is 31.7 Å². The highest BCUT2D eigenvalue weighted by molar-refractivity contribution is 5.77. The molecule has 1 atom stereocenters. The third kappa shape index (κ3) is 3.05. The van der Waals surface area contributed by atoms with Gasteiger partial charge in [-0.2, -0.15) is 0 Å². The Balaban J connectivity index is 1.57. The standard InChI is InChI=1S/C17H25N3O/c1-13-12-14-4-2-3-5-16(14)20(13)11-8-17(21)19-9-6-15(18)7-10-19/h2-5,13,15H,6-12,18H2,1H3. The number of carbonyl (C=O) groups excluding carboxylic acids is 1. The number of piperidine rings is 1. The molecule has 21 heavy (non-hydrogen) atoms. The van der Waals surface area contributed by atoms with Gasteiger partial charge in [-0.25, -0.2) is 0 Å². The molecule has 1 aromatic rings. The van der Waals surface area contributed by atoms with Gasteiger partial charge >= 0.3 is 0 Å². The van der Waals surface area contributed by atoms with Gasteiger partial charge in [0.25, 0.3) is 0 Å². The van der Waals surface area contributed by atoms with Gasteiger partial charge in [0.1, 0.15) is 0 Å². The van der Waals surface area contributed by atoms with Gasteiger partial charge in [-0.05, 0) is 37.8 Å². The predicted molar refractivity (Wildman–Crippen MR) is 85.4 cm³/mol. The van der Waals surface area contributed by atoms with E-state index in [1.165, 1.54) is 11.3 Å². The molecule has 0 aliphatic carbocycles. The molecule has 0 saturated carbocycles. The number of likely N-dealkylation sites (tertiary alicyclic amines) is 1. The summed E-state index contributed by atoms with van der Waals surface area (Å²) in [5.74, 6) is 0.276. The van der Waals surface area contributed by atoms with Crippen molar-refractivity contribution in [2.75, 3.05) is 24.5 Å². The Kier molecular flexibility index (Phi) is 4.15. The predicted octanol–water partition coefficient (Wildman–Crippen LogP) is 1.78. The highest BCUT2D eigenvalue weighted by Crippen LogP contribution is 2.31. The maximum atomic E-state index is 12.3. The van der Waals surface area contributed by atoms with Crippen LogP contribution >= 0.6 is 0 Å². The van der Waals surface area contributed by atoms with Crippen molar-refractivity contribution in [3.8, 4) is 0 Å². The van der Waals surface area contributed by atoms with Crippen molar-refractivity contribution >= 4 is 11.6 Å². The maximum Gasteiger partial charge on any atom is 0.224 e. The second-order valence-corrected chi connectivity index (χ2v) is 6.34. The van der Waals surface area contributed by atoms with Crippen LogP contribution in [0.3, 0.4) is 0 Å². The van der Waals surface area contributed by atoms with Crippen molar-refractivity contribution in [1.29, 1.82) is 0 Å². The van der Waals surface area contributed by atoms with E-state index in [9.17, 15) is 4.79 Å². The van der Waals surface area contributed by atoms with Crippen LogP contribution in [0, 0.1) is 0 Å². The summed E-state index contributed by atoms with van der Waals surface area (Å²) < 4.78 is 0. The van der Waals surface area contributed by atoms with E-state index in [0.717, 1.165) is 38.9 Å². The fourth-order valence-corrected chi connectivity index (χ4v) is 3.49. The molecule has 0 spiro atoms. The first kappa shape index (κ1) is 14.4. The molecule has 1 unspecified atom stereocenters. The molecule has 2 heterocycles. The average Bonchev–Trinajstić information content (AvgIpc) is 2.81. The van der Waals surface area contributed by atoms with E-state index in [1.807, 2.05) is 4.90 Å². The Morgan fingerprint density at radius 3 is 2.76 bits per heavy atom. The van der Waals surface area contributed by atoms with Crippen LogP contribution in [0.5, 0.6) is 0 Å². The summed E-state index contributed by atoms with van der Waals surface area (Å²) in [4.78, 5) is 16.7. The van der Waals surface area contributed by atoms with Gasteiger partial charge in [-0.1, -0.05) is 18.2 Å². The number of hydrogen-bond acceptors (Lipinski definition) is 3. The van der Waals surface area contributed by atoms with Crippen LogP contribution < -0.4 is 10.6 Å². The molecule has 114 valence electrons. The van der Waals surface area contributed by atoms with Gasteiger partial charge in [-0.3, -0.25) is 4.79 Å². The quantitative estimate of drug-likeness (QED) is 0.922. The number of anilines is 1. The van der Waals surface area contributed by atoms with Crippen LogP contribution in [0.25, 0.3) is 0 Å². The minimum absolute atomic E-state index is 0.276. The molecule has 1 fully saturated rings. The van der Waals surface area contributed by atoms with Gasteiger partial charge in [-0.15, -0.1) is 0 Å². The molecule has 4 nitrogen and oxygen atoms in total. The summed E-state index contributed by atoms with van der Waals surface area (Å²) in [6, 6.07) is 9.31. The van der Waals surface area contributed by atoms with Crippen LogP contribution in [0.4, 0.5) is 5.69 Å². The zero-order valence-corrected chi connectivity index (χ0v) is 12.8. The normalized spacial score (nSPS) is 22.5. The van der Waals surface area contributed by atoms with E-state index < -0.39 is 0 Å². The molecule has 0 bridgehead atoms. The summed E-state index contributed by atoms with van der Waals surface area (Å²) in [7, 11) is 0. The Hall–Kier alpha value is -1.55. The smallest absolute Gasteiger partial charge is 0.224 e. The zero-order valence-electron chi connectivity index (χ0n) is 12.8. The van der Waals surface area contributed by atoms with E-state index in [0.29, 0.717) is 12.5 Å². The summed E-state index contributed by atoms with van der Waals surface area (Å²) in [6.07, 6.45) is 3.57. The summed E-state index contributed by atoms with van der Waals surface area (Å²) in [5, 5.41) is 0. The first-order chi connectivity index (χ1) is 10.1. The molecule has 0 aromatic heterocycles. The van der Waals surface area contributed by atoms with E-state index >= 15 is 0 Å². The lowest BCUT2D eigenvalue weighted by atomic mass is 10.1. The molecule has 1 saturated heterocycles. The van der Waals surface area contributed by atoms with Gasteiger partial charge < -0.3 is 15.5 Å². The number of fused-ring (bicyclic) bond motifs is 1. The number of rotatable bonds is 3. The van der Waals surface area contributed by atoms with Gasteiger partial charge in [0.2, 0.25) is 5.91 Å². The van der Waals surface area contributed by atoms with Crippen molar-refractivity contribution in [3.05, 3.63) is 29.8 Å². The third-order valence-corrected chi connectivity index (χ3v) is 4.81. The second-order valence-electron chi connectivity index (χ2n) is 6.34. The average molecular weight is 287 g/mol. The number of amides is 1. The van der Waals surface area contributed by atoms with Crippen LogP contribution in [0.15, 0.2) is 24.3 Å². The monoisotopic (exact) mass is 287 g/mol. The fourth-order valence-electron chi connectivity index (χ4n) is 3.49. The Bertz CT molecular complexity index is 509. The molecule has 2 aliphatic heterocycles. The molecule has 1 aromatic carbocycles. The molecule has 2 aliphatic rings. The van der Waals surface area contributed by atoms with Crippen molar-refractivity contribution in [2.45, 2.75) is 44.7 Å². The zero-order chi connectivity index (χ0) is 14.8. The molecule has 0 radical (unpaired) electrons. The van der Waals surface area contributed by atoms with Gasteiger partial charge in [0.05, 0.1) is 0 Å². The molecular weight excluding hydrogens is 262 g/mol. The first-order valence-electron chi connectivity index (χ1n) is 8.03. The Morgan fingerprint density at radius 2 is 2.00 bits per heavy atom. The van der Waals surface area contributed by atoms with E-state index in [2.05, 4.69) is 36.1 Å². The van der Waals surface area contributed by atoms with Crippen molar-refractivity contribution in [1.82, 2.24) is 4.90 Å². The van der Waals surface area contributed by atoms with Crippen LogP contribution in [-0.2, 0) is 11.2 Å². The lowest BCUT2D eigenvalue weighted by Crippen LogP contribution is -2.44. The summed E-state index contributed by atoms with van der Waals surface area (Å²) in [5.41, 5.74) is 8.60. The van der Waals surface area contributed by atoms with Crippen molar-refractivity contribution in [3.63, 3.8) is 0 Å². The van der Waals surface area contributed by atoms with E-state index in [1.54, 1.807) is 0 Å². The van der Waals surface area contributed by atoms with Crippen LogP contribution in [-0.4, -0.2) is 42.5 Å². The number of nitrogens with two attached hydrogens (primary N) is 1. The molecule has 1 amide bonds. The number of hydrogen-bond donors (Lipinski definition) is 1. The van der Waals surface area contributed by atoms with Crippen LogP contribution in [0.2, 0.25) is 0 Å². The number of benzene rings is 1. The van der Waals surface area contributed by atoms with E-state index in [4.69, 9.17) is 5.73 Å². The Labute approximate surface area is 126 Å². The van der Waals surface area contributed by atoms with E-state index in [-0.39, 0.29) is 11.9 Å². The third-order valence-electron chi connectivity index (χ3n) is 4.81. The first-order valence-corrected chi connectivity index (χ1v) is 8.03. The summed E-state index contributed by atoms with van der Waals surface area (Å²) in [6.45, 7) is 4.71. The van der Waals surface area contributed by atoms with Crippen molar-refractivity contribution < 1.29 is 4.79 Å². The minimum Gasteiger partial charge on any atom is -0.368 e. The number of carbonyl (C=O) groups is 1. The molecular formula is C17H25N3O. The highest BCUT2D eigenvalue weighted by Gasteiger charge is 2.27. The Morgan fingerprint density at radius 1 is 1.29 bits per heavy atom. The van der Waals surface area contributed by atoms with Gasteiger partial charge in [0, 0.05) is 43.8 Å². The topological polar surface area (TPSA) is 49.6 Å². The second kappa shape index (κ2) is 6.06. The lowest BCUT2D eigenvalue weighted by Gasteiger charge is -2.31. The molecule has 2 N–H and O–H groups in total. The maximum absolute atomic E-state index is 12.3. The molecule has 4 heteroatoms. The van der Waals surface area contributed by atoms with Crippen molar-refractivity contribution in [2.24, 2.45) is 5.73 Å². The lowest BCUT2D eigenvalue weighted by molar-refractivity contribution is -0.132.